The highest BCUT2D eigenvalue weighted by Gasteiger charge is 2.38. The Hall–Kier alpha value is -3.49. The molecule has 13 heteroatoms. The Morgan fingerprint density at radius 2 is 1.68 bits per heavy atom. The molecule has 1 saturated heterocycles. The summed E-state index contributed by atoms with van der Waals surface area (Å²) < 4.78 is 26.8. The average molecular weight is 556 g/mol. The van der Waals surface area contributed by atoms with Gasteiger partial charge in [0.2, 0.25) is 5.91 Å². The molecule has 2 heterocycles. The molecule has 1 unspecified atom stereocenters. The van der Waals surface area contributed by atoms with Crippen LogP contribution < -0.4 is 26.2 Å². The van der Waals surface area contributed by atoms with Crippen molar-refractivity contribution >= 4 is 39.1 Å². The summed E-state index contributed by atoms with van der Waals surface area (Å²) >= 11 is 1.02. The second-order valence-corrected chi connectivity index (χ2v) is 11.3. The third-order valence-corrected chi connectivity index (χ3v) is 7.91. The predicted molar refractivity (Wildman–Crippen MR) is 145 cm³/mol. The van der Waals surface area contributed by atoms with E-state index in [4.69, 9.17) is 16.3 Å². The van der Waals surface area contributed by atoms with Crippen LogP contribution >= 0.6 is 11.3 Å². The lowest BCUT2D eigenvalue weighted by Crippen LogP contribution is -2.54. The van der Waals surface area contributed by atoms with E-state index in [0.29, 0.717) is 29.0 Å². The quantitative estimate of drug-likeness (QED) is 0.149. The van der Waals surface area contributed by atoms with Crippen LogP contribution in [0.2, 0.25) is 0 Å². The van der Waals surface area contributed by atoms with Gasteiger partial charge in [-0.05, 0) is 30.5 Å². The van der Waals surface area contributed by atoms with Crippen LogP contribution in [0, 0.1) is 5.41 Å². The van der Waals surface area contributed by atoms with Crippen molar-refractivity contribution in [1.82, 2.24) is 20.3 Å². The zero-order valence-corrected chi connectivity index (χ0v) is 22.0. The summed E-state index contributed by atoms with van der Waals surface area (Å²) in [6, 6.07) is 14.8. The zero-order chi connectivity index (χ0) is 27.3. The average Bonchev–Trinajstić information content (AvgIpc) is 3.60. The van der Waals surface area contributed by atoms with Gasteiger partial charge in [0.25, 0.3) is 10.2 Å². The number of carbonyl (C=O) groups is 2. The van der Waals surface area contributed by atoms with Crippen LogP contribution in [-0.4, -0.2) is 49.6 Å². The molecule has 4 rings (SSSR count). The molecule has 1 aliphatic rings. The fourth-order valence-corrected chi connectivity index (χ4v) is 5.94. The smallest absolute Gasteiger partial charge is 0.275 e. The Labute approximate surface area is 224 Å². The fraction of sp³-hybridized carbons (Fsp3) is 0.280. The summed E-state index contributed by atoms with van der Waals surface area (Å²) in [5.74, 6) is -2.05. The molecular formula is C25H29N7O4S2. The summed E-state index contributed by atoms with van der Waals surface area (Å²) in [4.78, 5) is 32.0. The lowest BCUT2D eigenvalue weighted by molar-refractivity contribution is -0.130. The van der Waals surface area contributed by atoms with Crippen molar-refractivity contribution in [1.29, 1.82) is 5.41 Å². The first-order chi connectivity index (χ1) is 18.1. The molecule has 1 aliphatic heterocycles. The van der Waals surface area contributed by atoms with Gasteiger partial charge in [0.15, 0.2) is 5.78 Å². The van der Waals surface area contributed by atoms with E-state index in [1.807, 2.05) is 12.1 Å². The van der Waals surface area contributed by atoms with Gasteiger partial charge >= 0.3 is 0 Å². The lowest BCUT2D eigenvalue weighted by Gasteiger charge is -2.29. The number of amidine groups is 1. The van der Waals surface area contributed by atoms with Gasteiger partial charge in [-0.2, -0.15) is 13.1 Å². The molecule has 0 saturated carbocycles. The number of carbonyl (C=O) groups excluding carboxylic acids is 2. The van der Waals surface area contributed by atoms with Gasteiger partial charge < -0.3 is 16.4 Å². The van der Waals surface area contributed by atoms with Crippen LogP contribution in [-0.2, 0) is 19.8 Å². The summed E-state index contributed by atoms with van der Waals surface area (Å²) in [6.07, 6.45) is 2.76. The number of rotatable bonds is 11. The van der Waals surface area contributed by atoms with Crippen molar-refractivity contribution in [3.05, 3.63) is 87.9 Å². The first kappa shape index (κ1) is 27.5. The largest absolute Gasteiger partial charge is 0.383 e. The number of amides is 1. The molecule has 8 N–H and O–H groups in total. The summed E-state index contributed by atoms with van der Waals surface area (Å²) in [5, 5.41) is 19.2. The Balaban J connectivity index is 1.75. The van der Waals surface area contributed by atoms with E-state index in [9.17, 15) is 18.0 Å². The van der Waals surface area contributed by atoms with Crippen molar-refractivity contribution in [2.24, 2.45) is 10.9 Å². The highest BCUT2D eigenvalue weighted by Crippen LogP contribution is 2.30. The van der Waals surface area contributed by atoms with E-state index >= 15 is 0 Å². The minimum absolute atomic E-state index is 0.216. The lowest BCUT2D eigenvalue weighted by atomic mass is 9.85. The van der Waals surface area contributed by atoms with Crippen molar-refractivity contribution in [2.75, 3.05) is 6.54 Å². The minimum Gasteiger partial charge on any atom is -0.383 e. The van der Waals surface area contributed by atoms with E-state index in [2.05, 4.69) is 20.3 Å². The van der Waals surface area contributed by atoms with Crippen LogP contribution in [0.15, 0.2) is 66.9 Å². The number of hydrogen-bond acceptors (Lipinski definition) is 8. The molecule has 0 radical (unpaired) electrons. The Morgan fingerprint density at radius 3 is 2.16 bits per heavy atom. The van der Waals surface area contributed by atoms with Crippen molar-refractivity contribution in [3.8, 4) is 0 Å². The maximum atomic E-state index is 13.9. The molecule has 3 atom stereocenters. The minimum atomic E-state index is -4.34. The van der Waals surface area contributed by atoms with E-state index < -0.39 is 40.2 Å². The number of aromatic nitrogens is 1. The SMILES string of the molecule is N=C(N)c1cnc(C(NC(=O)[C@H](NS(N)(=O)=O)C(c2ccccc2)c2ccccc2)C(=O)[C@@H]2CCCN2)s1. The fourth-order valence-electron chi connectivity index (χ4n) is 4.51. The predicted octanol–water partition coefficient (Wildman–Crippen LogP) is 0.899. The van der Waals surface area contributed by atoms with E-state index in [1.165, 1.54) is 6.20 Å². The third kappa shape index (κ3) is 6.68. The number of nitrogens with two attached hydrogens (primary N) is 2. The number of nitrogen functional groups attached to an aromatic ring is 1. The Morgan fingerprint density at radius 1 is 1.08 bits per heavy atom. The Kier molecular flexibility index (Phi) is 8.64. The van der Waals surface area contributed by atoms with Crippen LogP contribution in [0.4, 0.5) is 0 Å². The number of nitrogens with one attached hydrogen (secondary N) is 4. The number of ketones is 1. The molecule has 1 fully saturated rings. The van der Waals surface area contributed by atoms with Crippen LogP contribution in [0.3, 0.4) is 0 Å². The molecule has 1 aromatic heterocycles. The van der Waals surface area contributed by atoms with Gasteiger partial charge in [-0.15, -0.1) is 11.3 Å². The monoisotopic (exact) mass is 555 g/mol. The maximum Gasteiger partial charge on any atom is 0.275 e. The van der Waals surface area contributed by atoms with Crippen LogP contribution in [0.1, 0.15) is 45.8 Å². The molecule has 3 aromatic rings. The van der Waals surface area contributed by atoms with Crippen molar-refractivity contribution in [3.63, 3.8) is 0 Å². The van der Waals surface area contributed by atoms with E-state index in [0.717, 1.165) is 17.8 Å². The van der Waals surface area contributed by atoms with E-state index in [-0.39, 0.29) is 16.6 Å². The van der Waals surface area contributed by atoms with Crippen LogP contribution in [0.5, 0.6) is 0 Å². The molecular weight excluding hydrogens is 526 g/mol. The summed E-state index contributed by atoms with van der Waals surface area (Å²) in [5.41, 5.74) is 6.93. The third-order valence-electron chi connectivity index (χ3n) is 6.24. The molecule has 38 heavy (non-hydrogen) atoms. The first-order valence-electron chi connectivity index (χ1n) is 11.9. The number of hydrogen-bond donors (Lipinski definition) is 6. The highest BCUT2D eigenvalue weighted by molar-refractivity contribution is 7.87. The Bertz CT molecular complexity index is 1350. The number of thiazole rings is 1. The number of benzene rings is 2. The van der Waals surface area contributed by atoms with Crippen molar-refractivity contribution in [2.45, 2.75) is 36.9 Å². The molecule has 1 amide bonds. The molecule has 200 valence electrons. The van der Waals surface area contributed by atoms with Gasteiger partial charge in [-0.3, -0.25) is 15.0 Å². The second-order valence-electron chi connectivity index (χ2n) is 8.91. The molecule has 11 nitrogen and oxygen atoms in total. The normalized spacial score (nSPS) is 17.2. The van der Waals surface area contributed by atoms with Crippen molar-refractivity contribution < 1.29 is 18.0 Å². The second kappa shape index (κ2) is 11.9. The van der Waals surface area contributed by atoms with Crippen LogP contribution in [0.25, 0.3) is 0 Å². The summed E-state index contributed by atoms with van der Waals surface area (Å²) in [6.45, 7) is 0.660. The maximum absolute atomic E-state index is 13.9. The topological polar surface area (TPSA) is 193 Å². The standard InChI is InChI=1S/C25H29N7O4S2/c26-23(27)18-14-30-25(37-18)21(22(33)17-12-7-13-29-17)31-24(34)20(32-38(28,35)36)19(15-8-3-1-4-9-15)16-10-5-2-6-11-16/h1-6,8-11,14,17,19-21,29,32H,7,12-13H2,(H3,26,27)(H,31,34)(H2,28,35,36)/t17-,20+,21?/m0/s1. The van der Waals surface area contributed by atoms with Gasteiger partial charge in [0, 0.05) is 12.1 Å². The molecule has 0 bridgehead atoms. The first-order valence-corrected chi connectivity index (χ1v) is 14.3. The highest BCUT2D eigenvalue weighted by atomic mass is 32.2. The van der Waals surface area contributed by atoms with Gasteiger partial charge in [0.1, 0.15) is 22.9 Å². The summed E-state index contributed by atoms with van der Waals surface area (Å²) in [7, 11) is -4.34. The molecule has 0 spiro atoms. The van der Waals surface area contributed by atoms with E-state index in [1.54, 1.807) is 48.5 Å². The van der Waals surface area contributed by atoms with Gasteiger partial charge in [-0.1, -0.05) is 60.7 Å². The zero-order valence-electron chi connectivity index (χ0n) is 20.3. The number of Topliss-reactive ketones (excluding diaryl/α,β-unsaturated/α-hetero) is 1. The number of nitrogens with zero attached hydrogens (tertiary/aromatic N) is 1. The molecule has 2 aromatic carbocycles. The van der Waals surface area contributed by atoms with Gasteiger partial charge in [-0.25, -0.2) is 10.1 Å². The molecule has 0 aliphatic carbocycles. The van der Waals surface area contributed by atoms with Gasteiger partial charge in [0.05, 0.1) is 10.9 Å².